The molecule has 0 aliphatic heterocycles. The van der Waals surface area contributed by atoms with Gasteiger partial charge in [0.2, 0.25) is 17.6 Å². The van der Waals surface area contributed by atoms with Crippen LogP contribution in [0.15, 0.2) is 72.1 Å². The fourth-order valence-corrected chi connectivity index (χ4v) is 4.87. The lowest BCUT2D eigenvalue weighted by Gasteiger charge is -2.14. The highest BCUT2D eigenvalue weighted by atomic mass is 32.2. The third-order valence-corrected chi connectivity index (χ3v) is 7.68. The number of nitrogens with one attached hydrogen (secondary N) is 4. The number of amides is 4. The quantitative estimate of drug-likeness (QED) is 0.112. The van der Waals surface area contributed by atoms with Crippen molar-refractivity contribution in [1.82, 2.24) is 21.3 Å². The van der Waals surface area contributed by atoms with E-state index >= 15 is 0 Å². The van der Waals surface area contributed by atoms with Crippen LogP contribution in [0.4, 0.5) is 0 Å². The van der Waals surface area contributed by atoms with Gasteiger partial charge < -0.3 is 21.3 Å². The average Bonchev–Trinajstić information content (AvgIpc) is 3.54. The number of benzene rings is 2. The van der Waals surface area contributed by atoms with Crippen LogP contribution < -0.4 is 26.4 Å². The van der Waals surface area contributed by atoms with Crippen LogP contribution in [0.5, 0.6) is 0 Å². The Balaban J connectivity index is 0.000000676. The Morgan fingerprint density at radius 2 is 1.54 bits per heavy atom. The van der Waals surface area contributed by atoms with E-state index in [1.807, 2.05) is 0 Å². The van der Waals surface area contributed by atoms with Gasteiger partial charge in [0.05, 0.1) is 13.1 Å². The molecule has 1 aliphatic carbocycles. The molecule has 2 aromatic carbocycles. The third-order valence-electron chi connectivity index (χ3n) is 7.13. The molecule has 1 saturated carbocycles. The van der Waals surface area contributed by atoms with Crippen LogP contribution in [0.2, 0.25) is 0 Å². The number of hydrogen-bond donors (Lipinski definition) is 5. The van der Waals surface area contributed by atoms with Gasteiger partial charge in [0.1, 0.15) is 6.04 Å². The number of allylic oxidation sites excluding steroid dienone is 1. The highest BCUT2D eigenvalue weighted by molar-refractivity contribution is 7.97. The summed E-state index contributed by atoms with van der Waals surface area (Å²) >= 11 is 1.10. The van der Waals surface area contributed by atoms with E-state index in [-0.39, 0.29) is 13.1 Å². The van der Waals surface area contributed by atoms with Crippen molar-refractivity contribution in [3.05, 3.63) is 78.4 Å². The van der Waals surface area contributed by atoms with E-state index in [4.69, 9.17) is 5.14 Å². The summed E-state index contributed by atoms with van der Waals surface area (Å²) in [4.78, 5) is 60.7. The molecule has 0 saturated heterocycles. The first-order chi connectivity index (χ1) is 22.1. The first-order valence-electron chi connectivity index (χ1n) is 15.9. The summed E-state index contributed by atoms with van der Waals surface area (Å²) in [5.74, 6) is -1.31. The Bertz CT molecular complexity index is 1240. The molecule has 46 heavy (non-hydrogen) atoms. The SMILES string of the molecule is C=CCC1CCC(CC)C1.CCC.C[C@H](NC(=O)CNC(=O)c1ccccc1)C(=O)NCC(=O)C(=O)NCc1ccc(SN)cc1. The van der Waals surface area contributed by atoms with Crippen LogP contribution in [-0.2, 0) is 25.7 Å². The summed E-state index contributed by atoms with van der Waals surface area (Å²) in [6.07, 6.45) is 10.3. The van der Waals surface area contributed by atoms with Gasteiger partial charge in [-0.05, 0) is 79.8 Å². The van der Waals surface area contributed by atoms with Gasteiger partial charge in [-0.25, -0.2) is 0 Å². The second-order valence-electron chi connectivity index (χ2n) is 11.1. The maximum atomic E-state index is 12.1. The smallest absolute Gasteiger partial charge is 0.289 e. The van der Waals surface area contributed by atoms with E-state index in [0.717, 1.165) is 34.2 Å². The second-order valence-corrected chi connectivity index (χ2v) is 11.8. The molecule has 0 heterocycles. The molecule has 3 rings (SSSR count). The molecule has 0 radical (unpaired) electrons. The van der Waals surface area contributed by atoms with Gasteiger partial charge in [0.15, 0.2) is 0 Å². The van der Waals surface area contributed by atoms with Gasteiger partial charge in [-0.2, -0.15) is 0 Å². The van der Waals surface area contributed by atoms with Crippen molar-refractivity contribution >= 4 is 41.4 Å². The lowest BCUT2D eigenvalue weighted by atomic mass is 10.0. The topological polar surface area (TPSA) is 159 Å². The molecule has 11 heteroatoms. The zero-order valence-electron chi connectivity index (χ0n) is 27.6. The van der Waals surface area contributed by atoms with Gasteiger partial charge >= 0.3 is 0 Å². The average molecular weight is 654 g/mol. The van der Waals surface area contributed by atoms with Crippen LogP contribution in [0, 0.1) is 11.8 Å². The maximum absolute atomic E-state index is 12.1. The lowest BCUT2D eigenvalue weighted by molar-refractivity contribution is -0.138. The largest absolute Gasteiger partial charge is 0.347 e. The minimum Gasteiger partial charge on any atom is -0.347 e. The zero-order chi connectivity index (χ0) is 34.3. The molecule has 2 aromatic rings. The molecule has 252 valence electrons. The first kappa shape index (κ1) is 40.1. The van der Waals surface area contributed by atoms with Crippen LogP contribution >= 0.6 is 11.9 Å². The van der Waals surface area contributed by atoms with E-state index in [1.54, 1.807) is 54.6 Å². The van der Waals surface area contributed by atoms with Crippen molar-refractivity contribution in [1.29, 1.82) is 0 Å². The molecular formula is C35H51N5O5S. The molecule has 3 atom stereocenters. The van der Waals surface area contributed by atoms with E-state index in [0.29, 0.717) is 5.56 Å². The van der Waals surface area contributed by atoms with Gasteiger partial charge in [0, 0.05) is 17.0 Å². The second kappa shape index (κ2) is 23.4. The number of nitrogens with two attached hydrogens (primary N) is 1. The summed E-state index contributed by atoms with van der Waals surface area (Å²) < 4.78 is 0. The molecule has 6 N–H and O–H groups in total. The summed E-state index contributed by atoms with van der Waals surface area (Å²) in [6.45, 7) is 11.1. The number of Topliss-reactive ketones (excluding diaryl/α,β-unsaturated/α-hetero) is 1. The molecule has 0 spiro atoms. The highest BCUT2D eigenvalue weighted by Gasteiger charge is 2.22. The Hall–Kier alpha value is -3.96. The molecule has 2 unspecified atom stereocenters. The lowest BCUT2D eigenvalue weighted by Crippen LogP contribution is -2.49. The van der Waals surface area contributed by atoms with Crippen molar-refractivity contribution in [2.45, 2.75) is 83.7 Å². The van der Waals surface area contributed by atoms with Crippen LogP contribution in [0.25, 0.3) is 0 Å². The number of hydrogen-bond acceptors (Lipinski definition) is 7. The maximum Gasteiger partial charge on any atom is 0.289 e. The van der Waals surface area contributed by atoms with Crippen molar-refractivity contribution in [2.75, 3.05) is 13.1 Å². The van der Waals surface area contributed by atoms with Crippen LogP contribution in [-0.4, -0.2) is 48.5 Å². The van der Waals surface area contributed by atoms with Crippen molar-refractivity contribution in [3.63, 3.8) is 0 Å². The molecule has 1 fully saturated rings. The van der Waals surface area contributed by atoms with E-state index in [9.17, 15) is 24.0 Å². The summed E-state index contributed by atoms with van der Waals surface area (Å²) in [6, 6.07) is 14.5. The molecule has 4 amide bonds. The van der Waals surface area contributed by atoms with Gasteiger partial charge in [-0.15, -0.1) is 6.58 Å². The van der Waals surface area contributed by atoms with Crippen molar-refractivity contribution < 1.29 is 24.0 Å². The normalized spacial score (nSPS) is 15.4. The minimum absolute atomic E-state index is 0.148. The van der Waals surface area contributed by atoms with Crippen LogP contribution in [0.3, 0.4) is 0 Å². The van der Waals surface area contributed by atoms with Crippen molar-refractivity contribution in [2.24, 2.45) is 17.0 Å². The Morgan fingerprint density at radius 3 is 2.11 bits per heavy atom. The molecule has 1 aliphatic rings. The van der Waals surface area contributed by atoms with Gasteiger partial charge in [0.25, 0.3) is 11.8 Å². The molecule has 0 bridgehead atoms. The molecule has 10 nitrogen and oxygen atoms in total. The monoisotopic (exact) mass is 653 g/mol. The van der Waals surface area contributed by atoms with E-state index < -0.39 is 42.0 Å². The number of ketones is 1. The van der Waals surface area contributed by atoms with E-state index in [2.05, 4.69) is 54.7 Å². The predicted octanol–water partition coefficient (Wildman–Crippen LogP) is 4.69. The van der Waals surface area contributed by atoms with Gasteiger partial charge in [-0.3, -0.25) is 29.1 Å². The number of carbonyl (C=O) groups excluding carboxylic acids is 5. The molecule has 0 aromatic heterocycles. The van der Waals surface area contributed by atoms with Crippen LogP contribution in [0.1, 0.15) is 82.1 Å². The summed E-state index contributed by atoms with van der Waals surface area (Å²) in [5, 5.41) is 15.1. The zero-order valence-corrected chi connectivity index (χ0v) is 28.4. The summed E-state index contributed by atoms with van der Waals surface area (Å²) in [7, 11) is 0. The molecular weight excluding hydrogens is 602 g/mol. The Kier molecular flexibility index (Phi) is 20.4. The fraction of sp³-hybridized carbons (Fsp3) is 0.457. The van der Waals surface area contributed by atoms with Gasteiger partial charge in [-0.1, -0.05) is 76.4 Å². The fourth-order valence-electron chi connectivity index (χ4n) is 4.58. The third kappa shape index (κ3) is 16.4. The van der Waals surface area contributed by atoms with E-state index in [1.165, 1.54) is 45.4 Å². The predicted molar refractivity (Wildman–Crippen MR) is 185 cm³/mol. The Morgan fingerprint density at radius 1 is 0.913 bits per heavy atom. The Labute approximate surface area is 278 Å². The van der Waals surface area contributed by atoms with Crippen molar-refractivity contribution in [3.8, 4) is 0 Å². The number of carbonyl (C=O) groups is 5. The first-order valence-corrected chi connectivity index (χ1v) is 16.7. The highest BCUT2D eigenvalue weighted by Crippen LogP contribution is 2.34. The standard InChI is InChI=1S/C22H25N5O5S.C10H18.C3H8/c1-14(27-19(29)13-26-21(31)16-5-3-2-4-6-16)20(30)25-12-18(28)22(32)24-11-15-7-9-17(33-23)10-8-15;1-3-5-10-7-6-9(4-2)8-10;1-3-2/h2-10,14H,11-13,23H2,1H3,(H,24,32)(H,25,30)(H,26,31)(H,27,29);3,9-10H,1,4-8H2,2H3;3H2,1-2H3/t14-;;/m0../s1. The summed E-state index contributed by atoms with van der Waals surface area (Å²) in [5.41, 5.74) is 1.19. The number of rotatable bonds is 14. The minimum atomic E-state index is -0.971.